The summed E-state index contributed by atoms with van der Waals surface area (Å²) >= 11 is 0. The molecule has 22 valence electrons. The van der Waals surface area contributed by atoms with Crippen LogP contribution in [0.1, 0.15) is 0 Å². The first-order valence-corrected chi connectivity index (χ1v) is 0. The molecule has 0 aromatic carbocycles. The van der Waals surface area contributed by atoms with Crippen molar-refractivity contribution in [2.24, 2.45) is 0 Å². The van der Waals surface area contributed by atoms with Crippen molar-refractivity contribution in [2.45, 2.75) is 0 Å². The van der Waals surface area contributed by atoms with Crippen molar-refractivity contribution in [2.75, 3.05) is 0 Å². The summed E-state index contributed by atoms with van der Waals surface area (Å²) in [6, 6.07) is 0. The monoisotopic (exact) mass is 378 g/mol. The van der Waals surface area contributed by atoms with E-state index in [0.717, 1.165) is 0 Å². The average Bonchev–Trinajstić information content (AvgIpc) is 0. The van der Waals surface area contributed by atoms with Gasteiger partial charge >= 0.3 is 69.5 Å². The minimum atomic E-state index is 0. The van der Waals surface area contributed by atoms with Crippen LogP contribution in [0.3, 0.4) is 0 Å². The van der Waals surface area contributed by atoms with Crippen LogP contribution >= 0.6 is 0 Å². The van der Waals surface area contributed by atoms with Gasteiger partial charge in [0, 0.05) is 19.5 Å². The van der Waals surface area contributed by atoms with Crippen LogP contribution < -0.4 is 0 Å². The molecule has 4 heavy (non-hydrogen) atoms. The van der Waals surface area contributed by atoms with Gasteiger partial charge in [0.1, 0.15) is 0 Å². The molecule has 0 atom stereocenters. The van der Waals surface area contributed by atoms with Gasteiger partial charge in [0.15, 0.2) is 0 Å². The standard InChI is InChI=1S/Ga.In.Sn.Zn.10H. The van der Waals surface area contributed by atoms with Gasteiger partial charge in [-0.3, -0.25) is 0 Å². The summed E-state index contributed by atoms with van der Waals surface area (Å²) in [4.78, 5) is 0. The van der Waals surface area contributed by atoms with Gasteiger partial charge in [0.2, 0.25) is 0 Å². The third-order valence-corrected chi connectivity index (χ3v) is 0. The average molecular weight is 379 g/mol. The van der Waals surface area contributed by atoms with Gasteiger partial charge in [-0.05, 0) is 0 Å². The maximum Gasteiger partial charge on any atom is 0 e. The number of hydrogen-bond acceptors (Lipinski definition) is 0. The molecule has 0 rings (SSSR count). The van der Waals surface area contributed by atoms with Gasteiger partial charge in [-0.25, -0.2) is 0 Å². The predicted molar refractivity (Wildman–Crippen MR) is 31.2 cm³/mol. The Morgan fingerprint density at radius 1 is 1.00 bits per heavy atom. The van der Waals surface area contributed by atoms with E-state index in [2.05, 4.69) is 0 Å². The smallest absolute Gasteiger partial charge is 0 e. The van der Waals surface area contributed by atoms with E-state index in [4.69, 9.17) is 0 Å². The molecule has 0 unspecified atom stereocenters. The summed E-state index contributed by atoms with van der Waals surface area (Å²) in [5.41, 5.74) is 0. The van der Waals surface area contributed by atoms with Gasteiger partial charge < -0.3 is 0 Å². The second-order valence-electron chi connectivity index (χ2n) is 0. The molecular formula is H10GaInSnZn. The summed E-state index contributed by atoms with van der Waals surface area (Å²) in [5, 5.41) is 0. The zero-order valence-electron chi connectivity index (χ0n) is 0.707. The molecular weight excluding hydrogens is 369 g/mol. The molecule has 0 aromatic rings. The van der Waals surface area contributed by atoms with Crippen LogP contribution in [0, 0.1) is 0 Å². The maximum atomic E-state index is 0. The first-order chi connectivity index (χ1) is 0. The van der Waals surface area contributed by atoms with E-state index in [0.29, 0.717) is 0 Å². The minimum absolute atomic E-state index is 0. The molecule has 0 aliphatic carbocycles. The quantitative estimate of drug-likeness (QED) is 0.379. The zero-order chi connectivity index (χ0) is 0. The SMILES string of the molecule is [GaH3].[InH3].[SnH4].[Zn]. The number of rotatable bonds is 0. The second-order valence-corrected chi connectivity index (χ2v) is 0. The van der Waals surface area contributed by atoms with Crippen LogP contribution in [-0.2, 0) is 19.5 Å². The Labute approximate surface area is 87.4 Å². The molecule has 0 amide bonds. The molecule has 0 saturated heterocycles. The number of hydrogen-bond donors (Lipinski definition) is 0. The minimum Gasteiger partial charge on any atom is 0 e. The van der Waals surface area contributed by atoms with Crippen molar-refractivity contribution < 1.29 is 19.5 Å². The maximum absolute atomic E-state index is 0. The van der Waals surface area contributed by atoms with Crippen LogP contribution in [0.5, 0.6) is 0 Å². The Morgan fingerprint density at radius 3 is 1.00 bits per heavy atom. The van der Waals surface area contributed by atoms with Crippen molar-refractivity contribution in [1.29, 1.82) is 0 Å². The molecule has 0 aromatic heterocycles. The largest absolute Gasteiger partial charge is 0 e. The molecule has 0 fully saturated rings. The molecule has 0 heterocycles. The molecule has 0 bridgehead atoms. The summed E-state index contributed by atoms with van der Waals surface area (Å²) in [6.45, 7) is 0. The van der Waals surface area contributed by atoms with Gasteiger partial charge in [-0.2, -0.15) is 0 Å². The van der Waals surface area contributed by atoms with E-state index in [1.807, 2.05) is 0 Å². The normalized spacial score (nSPS) is 0. The topological polar surface area (TPSA) is 0 Å². The molecule has 4 heteroatoms. The Hall–Kier alpha value is 2.93. The second kappa shape index (κ2) is 16.8. The van der Waals surface area contributed by atoms with Gasteiger partial charge in [-0.15, -0.1) is 0 Å². The molecule has 0 radical (unpaired) electrons. The molecule has 0 N–H and O–H groups in total. The first-order valence-electron chi connectivity index (χ1n) is 0. The fourth-order valence-electron chi connectivity index (χ4n) is 0. The molecule has 0 aliphatic rings. The molecule has 0 aliphatic heterocycles. The Bertz CT molecular complexity index is 8.00. The molecule has 0 saturated carbocycles. The van der Waals surface area contributed by atoms with Crippen LogP contribution in [-0.4, -0.2) is 69.5 Å². The van der Waals surface area contributed by atoms with Crippen LogP contribution in [0.15, 0.2) is 0 Å². The van der Waals surface area contributed by atoms with Crippen molar-refractivity contribution in [3.63, 3.8) is 0 Å². The van der Waals surface area contributed by atoms with Crippen molar-refractivity contribution in [3.05, 3.63) is 0 Å². The molecule has 0 nitrogen and oxygen atoms in total. The van der Waals surface area contributed by atoms with Gasteiger partial charge in [0.05, 0.1) is 0 Å². The van der Waals surface area contributed by atoms with E-state index >= 15 is 0 Å². The van der Waals surface area contributed by atoms with Crippen molar-refractivity contribution in [1.82, 2.24) is 0 Å². The Balaban J connectivity index is 0. The third-order valence-electron chi connectivity index (χ3n) is 0. The Kier molecular flexibility index (Phi) is 119. The fourth-order valence-corrected chi connectivity index (χ4v) is 0. The van der Waals surface area contributed by atoms with E-state index in [-0.39, 0.29) is 89.0 Å². The summed E-state index contributed by atoms with van der Waals surface area (Å²) in [6.07, 6.45) is 0. The van der Waals surface area contributed by atoms with E-state index in [1.165, 1.54) is 0 Å². The van der Waals surface area contributed by atoms with Gasteiger partial charge in [-0.1, -0.05) is 0 Å². The van der Waals surface area contributed by atoms with Crippen LogP contribution in [0.25, 0.3) is 0 Å². The van der Waals surface area contributed by atoms with Crippen LogP contribution in [0.4, 0.5) is 0 Å². The zero-order valence-corrected chi connectivity index (χ0v) is 3.67. The third kappa shape index (κ3) is 8.87. The van der Waals surface area contributed by atoms with Gasteiger partial charge in [0.25, 0.3) is 0 Å². The fraction of sp³-hybridized carbons (Fsp3) is 0. The molecule has 0 spiro atoms. The van der Waals surface area contributed by atoms with E-state index in [9.17, 15) is 0 Å². The predicted octanol–water partition coefficient (Wildman–Crippen LogP) is -3.82. The van der Waals surface area contributed by atoms with E-state index in [1.54, 1.807) is 0 Å². The Morgan fingerprint density at radius 2 is 1.00 bits per heavy atom. The van der Waals surface area contributed by atoms with Crippen molar-refractivity contribution in [3.8, 4) is 0 Å². The first kappa shape index (κ1) is 28.4. The summed E-state index contributed by atoms with van der Waals surface area (Å²) in [7, 11) is 0. The summed E-state index contributed by atoms with van der Waals surface area (Å²) < 4.78 is 0. The summed E-state index contributed by atoms with van der Waals surface area (Å²) in [5.74, 6) is 0. The van der Waals surface area contributed by atoms with E-state index < -0.39 is 0 Å². The van der Waals surface area contributed by atoms with Crippen LogP contribution in [0.2, 0.25) is 0 Å². The van der Waals surface area contributed by atoms with Crippen molar-refractivity contribution >= 4 is 69.5 Å².